The Morgan fingerprint density at radius 2 is 1.93 bits per heavy atom. The first-order chi connectivity index (χ1) is 12.9. The van der Waals surface area contributed by atoms with Gasteiger partial charge in [0.15, 0.2) is 0 Å². The van der Waals surface area contributed by atoms with E-state index in [1.54, 1.807) is 6.07 Å². The van der Waals surface area contributed by atoms with Crippen LogP contribution in [0.3, 0.4) is 0 Å². The predicted molar refractivity (Wildman–Crippen MR) is 110 cm³/mol. The summed E-state index contributed by atoms with van der Waals surface area (Å²) in [7, 11) is -3.18. The van der Waals surface area contributed by atoms with Crippen molar-refractivity contribution in [1.29, 1.82) is 0 Å². The quantitative estimate of drug-likeness (QED) is 0.537. The summed E-state index contributed by atoms with van der Waals surface area (Å²) in [4.78, 5) is 13.9. The number of para-hydroxylation sites is 1. The van der Waals surface area contributed by atoms with Crippen LogP contribution in [0.25, 0.3) is 10.9 Å². The lowest BCUT2D eigenvalue weighted by Crippen LogP contribution is -2.24. The average Bonchev–Trinajstić information content (AvgIpc) is 3.25. The molecule has 1 aromatic carbocycles. The lowest BCUT2D eigenvalue weighted by atomic mass is 10.2. The number of hydrogen-bond donors (Lipinski definition) is 2. The van der Waals surface area contributed by atoms with E-state index >= 15 is 0 Å². The molecule has 0 bridgehead atoms. The number of aromatic nitrogens is 1. The molecule has 0 aliphatic rings. The molecule has 1 amide bonds. The van der Waals surface area contributed by atoms with Gasteiger partial charge in [-0.15, -0.1) is 11.3 Å². The van der Waals surface area contributed by atoms with Gasteiger partial charge >= 0.3 is 0 Å². The highest BCUT2D eigenvalue weighted by molar-refractivity contribution is 7.88. The molecule has 0 aliphatic heterocycles. The summed E-state index contributed by atoms with van der Waals surface area (Å²) in [5.74, 6) is -0.0836. The number of nitrogens with zero attached hydrogens (tertiary/aromatic N) is 1. The number of sulfonamides is 1. The molecule has 0 aliphatic carbocycles. The molecular weight excluding hydrogens is 382 g/mol. The molecule has 0 saturated heterocycles. The molecule has 0 spiro atoms. The Morgan fingerprint density at radius 3 is 2.74 bits per heavy atom. The first-order valence-corrected chi connectivity index (χ1v) is 11.5. The Hall–Kier alpha value is -2.16. The molecule has 0 atom stereocenters. The third kappa shape index (κ3) is 5.66. The van der Waals surface area contributed by atoms with Crippen LogP contribution in [0.2, 0.25) is 0 Å². The van der Waals surface area contributed by atoms with Gasteiger partial charge in [-0.1, -0.05) is 18.2 Å². The van der Waals surface area contributed by atoms with Gasteiger partial charge in [-0.05, 0) is 42.5 Å². The molecule has 2 aromatic heterocycles. The molecule has 8 heteroatoms. The molecule has 2 heterocycles. The summed E-state index contributed by atoms with van der Waals surface area (Å²) < 4.78 is 26.8. The van der Waals surface area contributed by atoms with Crippen molar-refractivity contribution >= 4 is 38.2 Å². The van der Waals surface area contributed by atoms with Crippen LogP contribution in [0.1, 0.15) is 21.0 Å². The van der Waals surface area contributed by atoms with Gasteiger partial charge in [0.05, 0.1) is 11.1 Å². The minimum Gasteiger partial charge on any atom is -0.351 e. The van der Waals surface area contributed by atoms with Gasteiger partial charge in [0.1, 0.15) is 0 Å². The number of amides is 1. The van der Waals surface area contributed by atoms with E-state index in [-0.39, 0.29) is 5.91 Å². The summed E-state index contributed by atoms with van der Waals surface area (Å²) in [5, 5.41) is 4.17. The second kappa shape index (κ2) is 8.69. The van der Waals surface area contributed by atoms with Crippen molar-refractivity contribution in [3.63, 3.8) is 0 Å². The standard InChI is InChI=1S/C19H23N3O3S2/c1-27(24,25)21-12-9-16-7-8-18(26-16)19(23)20-11-4-13-22-14-10-15-5-2-3-6-17(15)22/h2-3,5-8,10,14,21H,4,9,11-13H2,1H3,(H,20,23). The van der Waals surface area contributed by atoms with Crippen LogP contribution in [0.5, 0.6) is 0 Å². The zero-order valence-electron chi connectivity index (χ0n) is 15.1. The normalized spacial score (nSPS) is 11.7. The highest BCUT2D eigenvalue weighted by Crippen LogP contribution is 2.17. The molecular formula is C19H23N3O3S2. The van der Waals surface area contributed by atoms with Crippen molar-refractivity contribution in [1.82, 2.24) is 14.6 Å². The molecule has 27 heavy (non-hydrogen) atoms. The molecule has 3 rings (SSSR count). The summed E-state index contributed by atoms with van der Waals surface area (Å²) >= 11 is 1.40. The number of carbonyl (C=O) groups excluding carboxylic acids is 1. The Labute approximate surface area is 163 Å². The second-order valence-electron chi connectivity index (χ2n) is 6.36. The van der Waals surface area contributed by atoms with E-state index in [2.05, 4.69) is 39.0 Å². The Morgan fingerprint density at radius 1 is 1.11 bits per heavy atom. The Kier molecular flexibility index (Phi) is 6.30. The van der Waals surface area contributed by atoms with Gasteiger partial charge < -0.3 is 9.88 Å². The van der Waals surface area contributed by atoms with Gasteiger partial charge in [0, 0.05) is 36.2 Å². The number of carbonyl (C=O) groups is 1. The number of rotatable bonds is 9. The van der Waals surface area contributed by atoms with Gasteiger partial charge in [-0.3, -0.25) is 4.79 Å². The lowest BCUT2D eigenvalue weighted by molar-refractivity contribution is 0.0957. The minimum atomic E-state index is -3.18. The fraction of sp³-hybridized carbons (Fsp3) is 0.316. The fourth-order valence-electron chi connectivity index (χ4n) is 2.87. The number of benzene rings is 1. The van der Waals surface area contributed by atoms with Crippen LogP contribution in [0.4, 0.5) is 0 Å². The van der Waals surface area contributed by atoms with Crippen LogP contribution in [0.15, 0.2) is 48.7 Å². The number of nitrogens with one attached hydrogen (secondary N) is 2. The summed E-state index contributed by atoms with van der Waals surface area (Å²) in [5.41, 5.74) is 1.20. The van der Waals surface area contributed by atoms with Crippen LogP contribution >= 0.6 is 11.3 Å². The van der Waals surface area contributed by atoms with Crippen molar-refractivity contribution in [2.24, 2.45) is 0 Å². The molecule has 0 unspecified atom stereocenters. The largest absolute Gasteiger partial charge is 0.351 e. The first-order valence-electron chi connectivity index (χ1n) is 8.78. The maximum Gasteiger partial charge on any atom is 0.261 e. The molecule has 144 valence electrons. The number of aryl methyl sites for hydroxylation is 1. The van der Waals surface area contributed by atoms with E-state index in [9.17, 15) is 13.2 Å². The zero-order chi connectivity index (χ0) is 19.3. The average molecular weight is 406 g/mol. The topological polar surface area (TPSA) is 80.2 Å². The predicted octanol–water partition coefficient (Wildman–Crippen LogP) is 2.61. The van der Waals surface area contributed by atoms with Crippen LogP contribution < -0.4 is 10.0 Å². The monoisotopic (exact) mass is 405 g/mol. The maximum atomic E-state index is 12.2. The van der Waals surface area contributed by atoms with E-state index in [1.165, 1.54) is 22.2 Å². The van der Waals surface area contributed by atoms with Gasteiger partial charge in [0.2, 0.25) is 10.0 Å². The number of hydrogen-bond acceptors (Lipinski definition) is 4. The highest BCUT2D eigenvalue weighted by atomic mass is 32.2. The van der Waals surface area contributed by atoms with Crippen molar-refractivity contribution in [2.45, 2.75) is 19.4 Å². The SMILES string of the molecule is CS(=O)(=O)NCCc1ccc(C(=O)NCCCn2ccc3ccccc32)s1. The lowest BCUT2D eigenvalue weighted by Gasteiger charge is -2.06. The van der Waals surface area contributed by atoms with E-state index in [0.29, 0.717) is 24.4 Å². The van der Waals surface area contributed by atoms with E-state index < -0.39 is 10.0 Å². The molecule has 0 saturated carbocycles. The van der Waals surface area contributed by atoms with Gasteiger partial charge in [-0.2, -0.15) is 0 Å². The smallest absolute Gasteiger partial charge is 0.261 e. The first kappa shape index (κ1) is 19.6. The Balaban J connectivity index is 1.43. The summed E-state index contributed by atoms with van der Waals surface area (Å²) in [6.07, 6.45) is 4.63. The molecule has 2 N–H and O–H groups in total. The molecule has 3 aromatic rings. The third-order valence-corrected chi connectivity index (χ3v) is 6.03. The fourth-order valence-corrected chi connectivity index (χ4v) is 4.26. The number of fused-ring (bicyclic) bond motifs is 1. The van der Waals surface area contributed by atoms with Crippen molar-refractivity contribution in [3.8, 4) is 0 Å². The van der Waals surface area contributed by atoms with Crippen molar-refractivity contribution < 1.29 is 13.2 Å². The van der Waals surface area contributed by atoms with Gasteiger partial charge in [-0.25, -0.2) is 13.1 Å². The summed E-state index contributed by atoms with van der Waals surface area (Å²) in [6, 6.07) is 14.0. The second-order valence-corrected chi connectivity index (χ2v) is 9.36. The van der Waals surface area contributed by atoms with Gasteiger partial charge in [0.25, 0.3) is 5.91 Å². The van der Waals surface area contributed by atoms with Crippen molar-refractivity contribution in [3.05, 3.63) is 58.4 Å². The molecule has 0 radical (unpaired) electrons. The number of thiophene rings is 1. The summed E-state index contributed by atoms with van der Waals surface area (Å²) in [6.45, 7) is 1.79. The van der Waals surface area contributed by atoms with E-state index in [0.717, 1.165) is 24.1 Å². The van der Waals surface area contributed by atoms with Crippen LogP contribution in [-0.2, 0) is 23.0 Å². The Bertz CT molecular complexity index is 1020. The van der Waals surface area contributed by atoms with Crippen LogP contribution in [-0.4, -0.2) is 38.2 Å². The zero-order valence-corrected chi connectivity index (χ0v) is 16.8. The van der Waals surface area contributed by atoms with Crippen LogP contribution in [0, 0.1) is 0 Å². The van der Waals surface area contributed by atoms with E-state index in [4.69, 9.17) is 0 Å². The van der Waals surface area contributed by atoms with Crippen molar-refractivity contribution in [2.75, 3.05) is 19.3 Å². The maximum absolute atomic E-state index is 12.2. The van der Waals surface area contributed by atoms with E-state index in [1.807, 2.05) is 18.2 Å². The minimum absolute atomic E-state index is 0.0836. The third-order valence-electron chi connectivity index (χ3n) is 4.16. The highest BCUT2D eigenvalue weighted by Gasteiger charge is 2.09. The molecule has 0 fully saturated rings. The molecule has 6 nitrogen and oxygen atoms in total.